The molecule has 0 atom stereocenters. The van der Waals surface area contributed by atoms with E-state index in [0.717, 1.165) is 20.3 Å². The molecule has 2 aromatic rings. The fraction of sp³-hybridized carbons (Fsp3) is 0.222. The summed E-state index contributed by atoms with van der Waals surface area (Å²) < 4.78 is 46.6. The van der Waals surface area contributed by atoms with Gasteiger partial charge in [-0.05, 0) is 24.3 Å². The Balaban J connectivity index is 2.24. The minimum atomic E-state index is -4.01. The summed E-state index contributed by atoms with van der Waals surface area (Å²) in [5.74, 6) is -1.53. The quantitative estimate of drug-likeness (QED) is 0.412. The average molecular weight is 452 g/mol. The summed E-state index contributed by atoms with van der Waals surface area (Å²) in [5.41, 5.74) is 0.133. The van der Waals surface area contributed by atoms with Crippen LogP contribution in [0.15, 0.2) is 47.0 Å². The average Bonchev–Trinajstić information content (AvgIpc) is 2.77. The van der Waals surface area contributed by atoms with E-state index < -0.39 is 22.0 Å². The van der Waals surface area contributed by atoms with Crippen molar-refractivity contribution in [3.05, 3.63) is 42.1 Å². The van der Waals surface area contributed by atoms with Crippen LogP contribution in [0.25, 0.3) is 0 Å². The first-order valence-corrected chi connectivity index (χ1v) is 9.95. The molecule has 166 valence electrons. The highest BCUT2D eigenvalue weighted by Crippen LogP contribution is 2.22. The van der Waals surface area contributed by atoms with Gasteiger partial charge in [0.15, 0.2) is 5.82 Å². The monoisotopic (exact) mass is 452 g/mol. The van der Waals surface area contributed by atoms with Crippen molar-refractivity contribution in [2.45, 2.75) is 4.90 Å². The van der Waals surface area contributed by atoms with E-state index in [-0.39, 0.29) is 28.3 Å². The molecular formula is C18H20N4O8S. The van der Waals surface area contributed by atoms with Gasteiger partial charge in [-0.2, -0.15) is 9.97 Å². The molecule has 1 aromatic carbocycles. The van der Waals surface area contributed by atoms with Crippen LogP contribution >= 0.6 is 0 Å². The number of aromatic nitrogens is 2. The lowest BCUT2D eigenvalue weighted by molar-refractivity contribution is -0.138. The first kappa shape index (κ1) is 23.4. The van der Waals surface area contributed by atoms with Crippen molar-refractivity contribution in [3.63, 3.8) is 0 Å². The highest BCUT2D eigenvalue weighted by Gasteiger charge is 2.18. The summed E-state index contributed by atoms with van der Waals surface area (Å²) in [4.78, 5) is 30.9. The molecule has 13 heteroatoms. The summed E-state index contributed by atoms with van der Waals surface area (Å²) >= 11 is 0. The maximum atomic E-state index is 12.7. The van der Waals surface area contributed by atoms with E-state index in [2.05, 4.69) is 29.5 Å². The van der Waals surface area contributed by atoms with Crippen molar-refractivity contribution in [3.8, 4) is 11.9 Å². The molecule has 0 saturated heterocycles. The van der Waals surface area contributed by atoms with Gasteiger partial charge in [0.1, 0.15) is 5.70 Å². The molecule has 2 N–H and O–H groups in total. The lowest BCUT2D eigenvalue weighted by Crippen LogP contribution is -2.16. The summed E-state index contributed by atoms with van der Waals surface area (Å²) in [6.45, 7) is 0. The predicted molar refractivity (Wildman–Crippen MR) is 108 cm³/mol. The van der Waals surface area contributed by atoms with Gasteiger partial charge in [0.05, 0.1) is 39.4 Å². The summed E-state index contributed by atoms with van der Waals surface area (Å²) in [7, 11) is 0.984. The smallest absolute Gasteiger partial charge is 0.354 e. The maximum Gasteiger partial charge on any atom is 0.354 e. The van der Waals surface area contributed by atoms with Gasteiger partial charge in [-0.15, -0.1) is 0 Å². The van der Waals surface area contributed by atoms with Gasteiger partial charge in [0.2, 0.25) is 5.88 Å². The Morgan fingerprint density at radius 1 is 0.968 bits per heavy atom. The Morgan fingerprint density at radius 3 is 2.19 bits per heavy atom. The first-order chi connectivity index (χ1) is 14.7. The molecule has 1 heterocycles. The second-order valence-corrected chi connectivity index (χ2v) is 7.29. The first-order valence-electron chi connectivity index (χ1n) is 8.47. The van der Waals surface area contributed by atoms with E-state index in [1.165, 1.54) is 44.6 Å². The van der Waals surface area contributed by atoms with Crippen molar-refractivity contribution in [1.82, 2.24) is 9.97 Å². The van der Waals surface area contributed by atoms with E-state index in [0.29, 0.717) is 5.69 Å². The van der Waals surface area contributed by atoms with E-state index in [4.69, 9.17) is 9.47 Å². The number of rotatable bonds is 9. The Labute approximate surface area is 178 Å². The van der Waals surface area contributed by atoms with E-state index in [1.807, 2.05) is 0 Å². The largest absolute Gasteiger partial charge is 0.481 e. The van der Waals surface area contributed by atoms with Crippen LogP contribution in [0.4, 0.5) is 11.5 Å². The topological polar surface area (TPSA) is 155 Å². The van der Waals surface area contributed by atoms with Crippen LogP contribution in [0.2, 0.25) is 0 Å². The van der Waals surface area contributed by atoms with Crippen molar-refractivity contribution < 1.29 is 37.0 Å². The zero-order valence-electron chi connectivity index (χ0n) is 17.0. The highest BCUT2D eigenvalue weighted by molar-refractivity contribution is 7.92. The van der Waals surface area contributed by atoms with Gasteiger partial charge in [0, 0.05) is 11.8 Å². The molecule has 0 fully saturated rings. The van der Waals surface area contributed by atoms with Crippen LogP contribution < -0.4 is 19.5 Å². The van der Waals surface area contributed by atoms with E-state index >= 15 is 0 Å². The molecule has 0 spiro atoms. The van der Waals surface area contributed by atoms with E-state index in [1.54, 1.807) is 0 Å². The Hall–Kier alpha value is -3.87. The third-order valence-electron chi connectivity index (χ3n) is 3.63. The number of carbonyl (C=O) groups excluding carboxylic acids is 2. The fourth-order valence-corrected chi connectivity index (χ4v) is 3.15. The highest BCUT2D eigenvalue weighted by atomic mass is 32.2. The summed E-state index contributed by atoms with van der Waals surface area (Å²) in [5, 5.41) is 2.67. The minimum absolute atomic E-state index is 0.0557. The molecule has 0 saturated carbocycles. The zero-order chi connectivity index (χ0) is 23.0. The third-order valence-corrected chi connectivity index (χ3v) is 5.00. The molecule has 0 radical (unpaired) electrons. The summed E-state index contributed by atoms with van der Waals surface area (Å²) in [6, 6.07) is 6.56. The van der Waals surface area contributed by atoms with Crippen LogP contribution in [0, 0.1) is 0 Å². The van der Waals surface area contributed by atoms with Crippen LogP contribution in [0.1, 0.15) is 0 Å². The standard InChI is InChI=1S/C18H20N4O8S/c1-27-15-10-14(20-18(21-15)30-4)22-31(25,26)12-7-5-11(6-8-12)19-13(17(24)29-3)9-16(23)28-2/h5-10,19H,1-4H3,(H,20,21,22)/b13-9+. The molecule has 2 rings (SSSR count). The molecule has 12 nitrogen and oxygen atoms in total. The van der Waals surface area contributed by atoms with Crippen LogP contribution in [-0.4, -0.2) is 58.8 Å². The SMILES string of the molecule is COC(=O)/C=C(/Nc1ccc(S(=O)(=O)Nc2cc(OC)nc(OC)n2)cc1)C(=O)OC. The van der Waals surface area contributed by atoms with Crippen LogP contribution in [-0.2, 0) is 29.1 Å². The van der Waals surface area contributed by atoms with Crippen LogP contribution in [0.3, 0.4) is 0 Å². The van der Waals surface area contributed by atoms with Gasteiger partial charge in [-0.25, -0.2) is 18.0 Å². The molecule has 0 bridgehead atoms. The second kappa shape index (κ2) is 10.2. The van der Waals surface area contributed by atoms with Gasteiger partial charge in [-0.3, -0.25) is 4.72 Å². The normalized spacial score (nSPS) is 11.3. The number of anilines is 2. The van der Waals surface area contributed by atoms with Gasteiger partial charge in [0.25, 0.3) is 10.0 Å². The second-order valence-electron chi connectivity index (χ2n) is 5.61. The van der Waals surface area contributed by atoms with Crippen molar-refractivity contribution in [1.29, 1.82) is 0 Å². The number of benzene rings is 1. The van der Waals surface area contributed by atoms with Crippen molar-refractivity contribution in [2.75, 3.05) is 38.5 Å². The molecule has 31 heavy (non-hydrogen) atoms. The fourth-order valence-electron chi connectivity index (χ4n) is 2.15. The van der Waals surface area contributed by atoms with Gasteiger partial charge >= 0.3 is 17.9 Å². The van der Waals surface area contributed by atoms with Gasteiger partial charge in [-0.1, -0.05) is 0 Å². The Kier molecular flexibility index (Phi) is 7.74. The summed E-state index contributed by atoms with van der Waals surface area (Å²) in [6.07, 6.45) is 0.911. The molecule has 1 aromatic heterocycles. The van der Waals surface area contributed by atoms with Crippen molar-refractivity contribution in [2.24, 2.45) is 0 Å². The number of hydrogen-bond acceptors (Lipinski definition) is 11. The lowest BCUT2D eigenvalue weighted by Gasteiger charge is -2.11. The number of esters is 2. The maximum absolute atomic E-state index is 12.7. The van der Waals surface area contributed by atoms with E-state index in [9.17, 15) is 18.0 Å². The van der Waals surface area contributed by atoms with Crippen molar-refractivity contribution >= 4 is 33.5 Å². The molecule has 0 unspecified atom stereocenters. The number of nitrogens with one attached hydrogen (secondary N) is 2. The minimum Gasteiger partial charge on any atom is -0.481 e. The lowest BCUT2D eigenvalue weighted by atomic mass is 10.3. The van der Waals surface area contributed by atoms with Crippen LogP contribution in [0.5, 0.6) is 11.9 Å². The number of hydrogen-bond donors (Lipinski definition) is 2. The predicted octanol–water partition coefficient (Wildman–Crippen LogP) is 0.936. The zero-order valence-corrected chi connectivity index (χ0v) is 17.8. The number of sulfonamides is 1. The molecule has 0 aliphatic carbocycles. The van der Waals surface area contributed by atoms with Gasteiger partial charge < -0.3 is 24.3 Å². The molecular weight excluding hydrogens is 432 g/mol. The Bertz CT molecular complexity index is 1060. The number of nitrogens with zero attached hydrogens (tertiary/aromatic N) is 2. The Morgan fingerprint density at radius 2 is 1.65 bits per heavy atom. The molecule has 0 amide bonds. The number of methoxy groups -OCH3 is 4. The number of carbonyl (C=O) groups is 2. The third kappa shape index (κ3) is 6.30. The number of ether oxygens (including phenoxy) is 4. The molecule has 0 aliphatic rings. The molecule has 0 aliphatic heterocycles.